The molecule has 1 aromatic rings. The fourth-order valence-corrected chi connectivity index (χ4v) is 2.71. The summed E-state index contributed by atoms with van der Waals surface area (Å²) in [5.41, 5.74) is 6.69. The molecule has 0 aliphatic rings. The molecule has 1 heteroatoms. The molecule has 96 valence electrons. The van der Waals surface area contributed by atoms with Gasteiger partial charge in [0.15, 0.2) is 0 Å². The highest BCUT2D eigenvalue weighted by atomic mass is 14.7. The number of hydrogen-bond acceptors (Lipinski definition) is 1. The van der Waals surface area contributed by atoms with Crippen LogP contribution in [0.2, 0.25) is 0 Å². The minimum atomic E-state index is 0.747. The Kier molecular flexibility index (Phi) is 4.73. The van der Waals surface area contributed by atoms with Crippen molar-refractivity contribution in [2.45, 2.75) is 61.3 Å². The highest BCUT2D eigenvalue weighted by molar-refractivity contribution is 5.38. The first kappa shape index (κ1) is 14.2. The van der Waals surface area contributed by atoms with Gasteiger partial charge in [-0.15, -0.1) is 0 Å². The average molecular weight is 233 g/mol. The molecule has 1 atom stereocenters. The molecule has 0 saturated carbocycles. The van der Waals surface area contributed by atoms with Gasteiger partial charge in [-0.05, 0) is 69.1 Å². The largest absolute Gasteiger partial charge is 0.258 e. The summed E-state index contributed by atoms with van der Waals surface area (Å²) in [7, 11) is 0. The van der Waals surface area contributed by atoms with Crippen LogP contribution in [0.15, 0.2) is 0 Å². The van der Waals surface area contributed by atoms with Crippen molar-refractivity contribution in [3.05, 3.63) is 28.1 Å². The number of aryl methyl sites for hydroxylation is 2. The molecule has 1 nitrogen and oxygen atoms in total. The molecule has 17 heavy (non-hydrogen) atoms. The average Bonchev–Trinajstić information content (AvgIpc) is 2.20. The molecule has 1 rings (SSSR count). The molecule has 1 aromatic heterocycles. The predicted molar refractivity (Wildman–Crippen MR) is 75.5 cm³/mol. The monoisotopic (exact) mass is 233 g/mol. The molecule has 0 aliphatic carbocycles. The number of aromatic nitrogens is 1. The first-order valence-corrected chi connectivity index (χ1v) is 6.76. The Labute approximate surface area is 107 Å². The molecule has 0 bridgehead atoms. The van der Waals surface area contributed by atoms with Crippen LogP contribution in [-0.4, -0.2) is 4.98 Å². The molecule has 1 heterocycles. The molecule has 1 unspecified atom stereocenters. The smallest absolute Gasteiger partial charge is 0.0410 e. The van der Waals surface area contributed by atoms with E-state index in [1.54, 1.807) is 0 Å². The van der Waals surface area contributed by atoms with E-state index in [1.165, 1.54) is 40.9 Å². The minimum Gasteiger partial charge on any atom is -0.258 e. The third-order valence-electron chi connectivity index (χ3n) is 3.76. The van der Waals surface area contributed by atoms with Gasteiger partial charge in [-0.3, -0.25) is 4.98 Å². The first-order chi connectivity index (χ1) is 7.82. The van der Waals surface area contributed by atoms with Crippen molar-refractivity contribution in [2.75, 3.05) is 0 Å². The van der Waals surface area contributed by atoms with Gasteiger partial charge in [0.25, 0.3) is 0 Å². The highest BCUT2D eigenvalue weighted by Crippen LogP contribution is 2.24. The summed E-state index contributed by atoms with van der Waals surface area (Å²) in [6.07, 6.45) is 2.47. The van der Waals surface area contributed by atoms with Gasteiger partial charge in [0.05, 0.1) is 0 Å². The van der Waals surface area contributed by atoms with Crippen LogP contribution in [0.1, 0.15) is 55.3 Å². The van der Waals surface area contributed by atoms with Crippen molar-refractivity contribution in [3.63, 3.8) is 0 Å². The maximum atomic E-state index is 4.67. The standard InChI is InChI=1S/C16H27N/c1-10(2)8-11(3)9-16-13(5)12(4)14(6)17-15(16)7/h10-11H,8-9H2,1-7H3. The van der Waals surface area contributed by atoms with Crippen molar-refractivity contribution >= 4 is 0 Å². The summed E-state index contributed by atoms with van der Waals surface area (Å²) in [5.74, 6) is 1.53. The summed E-state index contributed by atoms with van der Waals surface area (Å²) in [4.78, 5) is 4.67. The lowest BCUT2D eigenvalue weighted by molar-refractivity contribution is 0.435. The van der Waals surface area contributed by atoms with Crippen LogP contribution in [0.3, 0.4) is 0 Å². The molecule has 0 spiro atoms. The van der Waals surface area contributed by atoms with Crippen LogP contribution in [0.25, 0.3) is 0 Å². The Hall–Kier alpha value is -0.850. The fourth-order valence-electron chi connectivity index (χ4n) is 2.71. The van der Waals surface area contributed by atoms with Gasteiger partial charge in [-0.2, -0.15) is 0 Å². The van der Waals surface area contributed by atoms with Crippen LogP contribution in [0, 0.1) is 39.5 Å². The summed E-state index contributed by atoms with van der Waals surface area (Å²) in [6.45, 7) is 15.6. The Morgan fingerprint density at radius 1 is 0.882 bits per heavy atom. The van der Waals surface area contributed by atoms with Crippen LogP contribution in [-0.2, 0) is 6.42 Å². The van der Waals surface area contributed by atoms with E-state index in [4.69, 9.17) is 0 Å². The third kappa shape index (κ3) is 3.55. The van der Waals surface area contributed by atoms with E-state index in [1.807, 2.05) is 0 Å². The lowest BCUT2D eigenvalue weighted by atomic mass is 9.89. The third-order valence-corrected chi connectivity index (χ3v) is 3.76. The van der Waals surface area contributed by atoms with Gasteiger partial charge in [0, 0.05) is 11.4 Å². The van der Waals surface area contributed by atoms with Gasteiger partial charge >= 0.3 is 0 Å². The van der Waals surface area contributed by atoms with E-state index in [0.717, 1.165) is 11.8 Å². The van der Waals surface area contributed by atoms with Crippen LogP contribution < -0.4 is 0 Å². The summed E-state index contributed by atoms with van der Waals surface area (Å²) in [6, 6.07) is 0. The molecular formula is C16H27N. The van der Waals surface area contributed by atoms with Crippen molar-refractivity contribution < 1.29 is 0 Å². The second-order valence-electron chi connectivity index (χ2n) is 5.95. The number of nitrogens with zero attached hydrogens (tertiary/aromatic N) is 1. The zero-order chi connectivity index (χ0) is 13.2. The molecule has 0 saturated heterocycles. The van der Waals surface area contributed by atoms with E-state index in [9.17, 15) is 0 Å². The van der Waals surface area contributed by atoms with Gasteiger partial charge in [0.2, 0.25) is 0 Å². The van der Waals surface area contributed by atoms with Gasteiger partial charge in [0.1, 0.15) is 0 Å². The zero-order valence-electron chi connectivity index (χ0n) is 12.5. The normalized spacial score (nSPS) is 13.2. The second kappa shape index (κ2) is 5.66. The molecule has 0 aliphatic heterocycles. The summed E-state index contributed by atoms with van der Waals surface area (Å²) < 4.78 is 0. The summed E-state index contributed by atoms with van der Waals surface area (Å²) >= 11 is 0. The predicted octanol–water partition coefficient (Wildman–Crippen LogP) is 4.54. The first-order valence-electron chi connectivity index (χ1n) is 6.76. The molecule has 0 amide bonds. The van der Waals surface area contributed by atoms with Crippen molar-refractivity contribution in [3.8, 4) is 0 Å². The molecular weight excluding hydrogens is 206 g/mol. The van der Waals surface area contributed by atoms with E-state index < -0.39 is 0 Å². The Morgan fingerprint density at radius 3 is 2.00 bits per heavy atom. The molecule has 0 radical (unpaired) electrons. The van der Waals surface area contributed by atoms with Crippen molar-refractivity contribution in [1.82, 2.24) is 4.98 Å². The topological polar surface area (TPSA) is 12.9 Å². The maximum absolute atomic E-state index is 4.67. The molecule has 0 aromatic carbocycles. The van der Waals surface area contributed by atoms with E-state index in [0.29, 0.717) is 0 Å². The highest BCUT2D eigenvalue weighted by Gasteiger charge is 2.13. The Bertz CT molecular complexity index is 391. The SMILES string of the molecule is Cc1nc(C)c(CC(C)CC(C)C)c(C)c1C. The van der Waals surface area contributed by atoms with E-state index in [2.05, 4.69) is 53.5 Å². The number of pyridine rings is 1. The van der Waals surface area contributed by atoms with Gasteiger partial charge in [-0.1, -0.05) is 20.8 Å². The minimum absolute atomic E-state index is 0.747. The maximum Gasteiger partial charge on any atom is 0.0410 e. The number of hydrogen-bond donors (Lipinski definition) is 0. The second-order valence-corrected chi connectivity index (χ2v) is 5.95. The van der Waals surface area contributed by atoms with Crippen LogP contribution in [0.5, 0.6) is 0 Å². The van der Waals surface area contributed by atoms with Gasteiger partial charge < -0.3 is 0 Å². The molecule has 0 fully saturated rings. The fraction of sp³-hybridized carbons (Fsp3) is 0.688. The lowest BCUT2D eigenvalue weighted by Gasteiger charge is -2.19. The van der Waals surface area contributed by atoms with E-state index >= 15 is 0 Å². The summed E-state index contributed by atoms with van der Waals surface area (Å²) in [5, 5.41) is 0. The number of rotatable bonds is 4. The van der Waals surface area contributed by atoms with E-state index in [-0.39, 0.29) is 0 Å². The molecule has 0 N–H and O–H groups in total. The van der Waals surface area contributed by atoms with Crippen molar-refractivity contribution in [1.29, 1.82) is 0 Å². The lowest BCUT2D eigenvalue weighted by Crippen LogP contribution is -2.09. The Balaban J connectivity index is 2.95. The zero-order valence-corrected chi connectivity index (χ0v) is 12.5. The van der Waals surface area contributed by atoms with Crippen LogP contribution >= 0.6 is 0 Å². The van der Waals surface area contributed by atoms with Crippen molar-refractivity contribution in [2.24, 2.45) is 11.8 Å². The van der Waals surface area contributed by atoms with Gasteiger partial charge in [-0.25, -0.2) is 0 Å². The quantitative estimate of drug-likeness (QED) is 0.744. The Morgan fingerprint density at radius 2 is 1.47 bits per heavy atom. The van der Waals surface area contributed by atoms with Crippen LogP contribution in [0.4, 0.5) is 0 Å².